The predicted molar refractivity (Wildman–Crippen MR) is 98.0 cm³/mol. The fraction of sp³-hybridized carbons (Fsp3) is 0.286. The molecule has 0 saturated carbocycles. The third-order valence-electron chi connectivity index (χ3n) is 5.59. The maximum absolute atomic E-state index is 13.6. The van der Waals surface area contributed by atoms with Gasteiger partial charge in [-0.25, -0.2) is 4.79 Å². The second-order valence-electron chi connectivity index (χ2n) is 7.12. The normalized spacial score (nSPS) is 28.5. The molecule has 1 aromatic rings. The van der Waals surface area contributed by atoms with E-state index >= 15 is 0 Å². The summed E-state index contributed by atoms with van der Waals surface area (Å²) in [5.74, 6) is -1.09. The number of methoxy groups -OCH3 is 1. The molecule has 2 heterocycles. The summed E-state index contributed by atoms with van der Waals surface area (Å²) in [5.41, 5.74) is 0.722. The molecule has 7 heteroatoms. The Morgan fingerprint density at radius 3 is 2.57 bits per heavy atom. The van der Waals surface area contributed by atoms with Crippen molar-refractivity contribution in [3.63, 3.8) is 0 Å². The number of aryl methyl sites for hydroxylation is 1. The molecule has 3 aliphatic rings. The number of nitrogens with one attached hydrogen (secondary N) is 1. The van der Waals surface area contributed by atoms with Gasteiger partial charge in [0.15, 0.2) is 11.5 Å². The quantitative estimate of drug-likeness (QED) is 0.478. The van der Waals surface area contributed by atoms with Gasteiger partial charge in [0.25, 0.3) is 5.91 Å². The highest BCUT2D eigenvalue weighted by Gasteiger charge is 2.72. The molecule has 1 aliphatic carbocycles. The van der Waals surface area contributed by atoms with Gasteiger partial charge in [0.1, 0.15) is 5.94 Å². The van der Waals surface area contributed by atoms with Crippen LogP contribution in [0.5, 0.6) is 0 Å². The van der Waals surface area contributed by atoms with Gasteiger partial charge in [-0.2, -0.15) is 0 Å². The van der Waals surface area contributed by atoms with Gasteiger partial charge < -0.3 is 9.64 Å². The number of likely N-dealkylation sites (tertiary alicyclic amines) is 1. The van der Waals surface area contributed by atoms with Gasteiger partial charge in [-0.05, 0) is 24.6 Å². The largest absolute Gasteiger partial charge is 0.370 e. The highest BCUT2D eigenvalue weighted by Crippen LogP contribution is 2.54. The summed E-state index contributed by atoms with van der Waals surface area (Å²) in [7, 11) is 1.27. The molecule has 7 nitrogen and oxygen atoms in total. The Morgan fingerprint density at radius 2 is 1.93 bits per heavy atom. The molecule has 2 fully saturated rings. The monoisotopic (exact) mass is 378 g/mol. The fourth-order valence-electron chi connectivity index (χ4n) is 4.31. The molecule has 1 spiro atoms. The summed E-state index contributed by atoms with van der Waals surface area (Å²) >= 11 is 0. The zero-order chi connectivity index (χ0) is 20.1. The van der Waals surface area contributed by atoms with Crippen LogP contribution < -0.4 is 5.32 Å². The van der Waals surface area contributed by atoms with E-state index in [1.54, 1.807) is 12.2 Å². The van der Waals surface area contributed by atoms with E-state index in [9.17, 15) is 19.2 Å². The molecule has 0 radical (unpaired) electrons. The Hall–Kier alpha value is -3.28. The zero-order valence-electron chi connectivity index (χ0n) is 15.4. The van der Waals surface area contributed by atoms with Gasteiger partial charge in [0.2, 0.25) is 11.8 Å². The number of allylic oxidation sites excluding steroid dienone is 4. The first-order chi connectivity index (χ1) is 13.4. The van der Waals surface area contributed by atoms with E-state index in [1.165, 1.54) is 18.1 Å². The summed E-state index contributed by atoms with van der Waals surface area (Å²) in [6.07, 6.45) is 3.51. The molecule has 3 atom stereocenters. The van der Waals surface area contributed by atoms with Crippen LogP contribution in [0.4, 0.5) is 0 Å². The number of carbonyl (C=O) groups is 3. The highest BCUT2D eigenvalue weighted by molar-refractivity contribution is 6.22. The minimum absolute atomic E-state index is 0.143. The summed E-state index contributed by atoms with van der Waals surface area (Å²) in [5, 5.41) is 2.21. The number of hydrogen-bond donors (Lipinski definition) is 1. The first-order valence-corrected chi connectivity index (χ1v) is 8.84. The van der Waals surface area contributed by atoms with Crippen molar-refractivity contribution < 1.29 is 23.9 Å². The summed E-state index contributed by atoms with van der Waals surface area (Å²) < 4.78 is 5.28. The lowest BCUT2D eigenvalue weighted by molar-refractivity contribution is -0.153. The molecule has 3 unspecified atom stereocenters. The Bertz CT molecular complexity index is 1000. The van der Waals surface area contributed by atoms with Crippen LogP contribution >= 0.6 is 0 Å². The van der Waals surface area contributed by atoms with E-state index in [4.69, 9.17) is 4.74 Å². The summed E-state index contributed by atoms with van der Waals surface area (Å²) in [6.45, 7) is 2.17. The van der Waals surface area contributed by atoms with Gasteiger partial charge in [-0.1, -0.05) is 35.9 Å². The average molecular weight is 378 g/mol. The van der Waals surface area contributed by atoms with Gasteiger partial charge in [-0.3, -0.25) is 19.7 Å². The lowest BCUT2D eigenvalue weighted by Crippen LogP contribution is -2.50. The molecule has 2 saturated heterocycles. The van der Waals surface area contributed by atoms with Crippen molar-refractivity contribution in [2.24, 2.45) is 11.3 Å². The number of fused-ring (bicyclic) bond motifs is 2. The second kappa shape index (κ2) is 6.41. The summed E-state index contributed by atoms with van der Waals surface area (Å²) in [4.78, 5) is 51.9. The van der Waals surface area contributed by atoms with Crippen LogP contribution in [-0.4, -0.2) is 41.8 Å². The molecule has 0 aromatic heterocycles. The third kappa shape index (κ3) is 2.27. The van der Waals surface area contributed by atoms with Crippen molar-refractivity contribution in [2.75, 3.05) is 7.11 Å². The van der Waals surface area contributed by atoms with E-state index in [0.29, 0.717) is 5.70 Å². The van der Waals surface area contributed by atoms with Crippen LogP contribution in [0.2, 0.25) is 0 Å². The number of ether oxygens (including phenoxy) is 1. The molecular weight excluding hydrogens is 360 g/mol. The number of amides is 3. The summed E-state index contributed by atoms with van der Waals surface area (Å²) in [6, 6.07) is 7.65. The molecule has 1 N–H and O–H groups in total. The molecule has 3 amide bonds. The van der Waals surface area contributed by atoms with Crippen LogP contribution in [0.25, 0.3) is 0 Å². The van der Waals surface area contributed by atoms with E-state index in [2.05, 4.69) is 5.32 Å². The molecule has 142 valence electrons. The van der Waals surface area contributed by atoms with E-state index < -0.39 is 35.2 Å². The van der Waals surface area contributed by atoms with E-state index in [1.807, 2.05) is 37.1 Å². The Morgan fingerprint density at radius 1 is 1.21 bits per heavy atom. The first-order valence-electron chi connectivity index (χ1n) is 8.84. The standard InChI is InChI=1S/C21H18N2O5/c1-12-6-8-13(9-7-12)10-23-15-5-3-4-14(11-24)16(15)21(20(23)27)17(28-2)18(25)22-19(21)26/h3-9,16-17H,10H2,1-2H3,(H,22,25,26). The van der Waals surface area contributed by atoms with Gasteiger partial charge in [0, 0.05) is 18.4 Å². The van der Waals surface area contributed by atoms with E-state index in [-0.39, 0.29) is 12.1 Å². The van der Waals surface area contributed by atoms with Gasteiger partial charge >= 0.3 is 0 Å². The van der Waals surface area contributed by atoms with Crippen molar-refractivity contribution in [1.82, 2.24) is 10.2 Å². The van der Waals surface area contributed by atoms with Gasteiger partial charge in [0.05, 0.1) is 12.5 Å². The number of carbonyl (C=O) groups excluding carboxylic acids is 4. The van der Waals surface area contributed by atoms with Crippen LogP contribution in [0.15, 0.2) is 53.8 Å². The number of rotatable bonds is 3. The lowest BCUT2D eigenvalue weighted by Gasteiger charge is -2.29. The Balaban J connectivity index is 1.87. The molecule has 0 bridgehead atoms. The SMILES string of the molecule is COC1C(=O)NC(=O)C12C(=O)N(Cc1ccc(C)cc1)C1=CC=CC(=C=O)C12. The predicted octanol–water partition coefficient (Wildman–Crippen LogP) is 0.823. The molecule has 2 aliphatic heterocycles. The number of imide groups is 1. The van der Waals surface area contributed by atoms with Gasteiger partial charge in [-0.15, -0.1) is 0 Å². The molecule has 28 heavy (non-hydrogen) atoms. The van der Waals surface area contributed by atoms with E-state index in [0.717, 1.165) is 11.1 Å². The van der Waals surface area contributed by atoms with Crippen molar-refractivity contribution in [1.29, 1.82) is 0 Å². The zero-order valence-corrected chi connectivity index (χ0v) is 15.4. The minimum Gasteiger partial charge on any atom is -0.370 e. The number of benzene rings is 1. The third-order valence-corrected chi connectivity index (χ3v) is 5.59. The van der Waals surface area contributed by atoms with Crippen LogP contribution in [-0.2, 0) is 30.5 Å². The van der Waals surface area contributed by atoms with Crippen molar-refractivity contribution >= 4 is 23.7 Å². The maximum atomic E-state index is 13.6. The maximum Gasteiger partial charge on any atom is 0.257 e. The van der Waals surface area contributed by atoms with Crippen molar-refractivity contribution in [3.8, 4) is 0 Å². The second-order valence-corrected chi connectivity index (χ2v) is 7.12. The minimum atomic E-state index is -1.85. The Labute approximate surface area is 161 Å². The molecular formula is C21H18N2O5. The fourth-order valence-corrected chi connectivity index (χ4v) is 4.31. The number of nitrogens with zero attached hydrogens (tertiary/aromatic N) is 1. The van der Waals surface area contributed by atoms with Crippen molar-refractivity contribution in [2.45, 2.75) is 19.6 Å². The Kier molecular flexibility index (Phi) is 4.14. The average Bonchev–Trinajstić information content (AvgIpc) is 3.09. The first kappa shape index (κ1) is 18.1. The highest BCUT2D eigenvalue weighted by atomic mass is 16.5. The lowest BCUT2D eigenvalue weighted by atomic mass is 9.69. The van der Waals surface area contributed by atoms with Crippen LogP contribution in [0, 0.1) is 18.3 Å². The molecule has 1 aromatic carbocycles. The molecule has 4 rings (SSSR count). The number of hydrogen-bond acceptors (Lipinski definition) is 5. The van der Waals surface area contributed by atoms with Crippen LogP contribution in [0.1, 0.15) is 11.1 Å². The van der Waals surface area contributed by atoms with Crippen LogP contribution in [0.3, 0.4) is 0 Å². The smallest absolute Gasteiger partial charge is 0.257 e. The topological polar surface area (TPSA) is 92.8 Å². The van der Waals surface area contributed by atoms with Crippen molar-refractivity contribution in [3.05, 3.63) is 64.9 Å².